The van der Waals surface area contributed by atoms with Crippen LogP contribution in [0.15, 0.2) is 54.6 Å². The van der Waals surface area contributed by atoms with Gasteiger partial charge in [-0.15, -0.1) is 0 Å². The predicted octanol–water partition coefficient (Wildman–Crippen LogP) is 3.64. The Morgan fingerprint density at radius 2 is 1.76 bits per heavy atom. The van der Waals surface area contributed by atoms with Gasteiger partial charge in [-0.05, 0) is 36.2 Å². The van der Waals surface area contributed by atoms with Crippen molar-refractivity contribution in [1.82, 2.24) is 5.32 Å². The molecule has 1 atom stereocenters. The van der Waals surface area contributed by atoms with Crippen LogP contribution in [0.2, 0.25) is 0 Å². The predicted molar refractivity (Wildman–Crippen MR) is 95.6 cm³/mol. The number of benzene rings is 2. The summed E-state index contributed by atoms with van der Waals surface area (Å²) in [4.78, 5) is 23.4. The van der Waals surface area contributed by atoms with Crippen LogP contribution in [0.1, 0.15) is 42.1 Å². The highest BCUT2D eigenvalue weighted by atomic mass is 16.5. The van der Waals surface area contributed by atoms with Crippen molar-refractivity contribution >= 4 is 11.9 Å². The molecule has 5 heteroatoms. The number of hydrogen-bond acceptors (Lipinski definition) is 3. The lowest BCUT2D eigenvalue weighted by atomic mass is 10.1. The maximum Gasteiger partial charge on any atom is 0.326 e. The van der Waals surface area contributed by atoms with E-state index in [1.54, 1.807) is 24.3 Å². The highest BCUT2D eigenvalue weighted by Gasteiger charge is 2.19. The normalized spacial score (nSPS) is 11.6. The Morgan fingerprint density at radius 3 is 2.36 bits per heavy atom. The fourth-order valence-corrected chi connectivity index (χ4v) is 2.35. The lowest BCUT2D eigenvalue weighted by Crippen LogP contribution is -2.40. The van der Waals surface area contributed by atoms with E-state index < -0.39 is 17.9 Å². The Balaban J connectivity index is 1.91. The van der Waals surface area contributed by atoms with Crippen LogP contribution in [-0.2, 0) is 11.4 Å². The van der Waals surface area contributed by atoms with Crippen LogP contribution in [-0.4, -0.2) is 23.0 Å². The summed E-state index contributed by atoms with van der Waals surface area (Å²) >= 11 is 0. The van der Waals surface area contributed by atoms with Crippen LogP contribution in [0.3, 0.4) is 0 Å². The van der Waals surface area contributed by atoms with E-state index >= 15 is 0 Å². The summed E-state index contributed by atoms with van der Waals surface area (Å²) in [7, 11) is 0. The smallest absolute Gasteiger partial charge is 0.326 e. The molecule has 2 rings (SSSR count). The van der Waals surface area contributed by atoms with E-state index in [1.165, 1.54) is 0 Å². The number of carbonyl (C=O) groups excluding carboxylic acids is 1. The molecule has 2 aromatic rings. The molecule has 0 radical (unpaired) electrons. The topological polar surface area (TPSA) is 75.6 Å². The average Bonchev–Trinajstić information content (AvgIpc) is 2.64. The number of carboxylic acids is 1. The summed E-state index contributed by atoms with van der Waals surface area (Å²) in [6.07, 6.45) is 2.06. The molecule has 0 aliphatic carbocycles. The van der Waals surface area contributed by atoms with E-state index in [0.717, 1.165) is 18.4 Å². The number of carboxylic acid groups (broad SMARTS) is 1. The molecule has 132 valence electrons. The molecule has 0 heterocycles. The molecule has 0 aromatic heterocycles. The van der Waals surface area contributed by atoms with Gasteiger partial charge in [0.2, 0.25) is 0 Å². The second-order valence-corrected chi connectivity index (χ2v) is 5.81. The number of ether oxygens (including phenoxy) is 1. The van der Waals surface area contributed by atoms with Gasteiger partial charge in [-0.1, -0.05) is 50.1 Å². The molecular formula is C20H23NO4. The number of rotatable bonds is 9. The van der Waals surface area contributed by atoms with Crippen molar-refractivity contribution in [2.45, 2.75) is 38.8 Å². The van der Waals surface area contributed by atoms with Crippen molar-refractivity contribution < 1.29 is 19.4 Å². The molecule has 0 saturated heterocycles. The van der Waals surface area contributed by atoms with E-state index in [1.807, 2.05) is 37.3 Å². The second kappa shape index (κ2) is 9.47. The van der Waals surface area contributed by atoms with Gasteiger partial charge in [0.05, 0.1) is 0 Å². The molecule has 1 amide bonds. The van der Waals surface area contributed by atoms with E-state index in [-0.39, 0.29) is 0 Å². The third-order valence-electron chi connectivity index (χ3n) is 3.81. The van der Waals surface area contributed by atoms with Crippen molar-refractivity contribution in [3.63, 3.8) is 0 Å². The summed E-state index contributed by atoms with van der Waals surface area (Å²) in [6, 6.07) is 15.6. The Labute approximate surface area is 147 Å². The van der Waals surface area contributed by atoms with Crippen LogP contribution >= 0.6 is 0 Å². The summed E-state index contributed by atoms with van der Waals surface area (Å²) in [6.45, 7) is 2.43. The maximum absolute atomic E-state index is 12.2. The summed E-state index contributed by atoms with van der Waals surface area (Å²) in [5, 5.41) is 11.7. The molecule has 0 saturated carbocycles. The van der Waals surface area contributed by atoms with Crippen molar-refractivity contribution in [2.24, 2.45) is 0 Å². The van der Waals surface area contributed by atoms with Crippen molar-refractivity contribution in [3.8, 4) is 5.75 Å². The van der Waals surface area contributed by atoms with Crippen LogP contribution in [0.5, 0.6) is 5.75 Å². The van der Waals surface area contributed by atoms with E-state index in [0.29, 0.717) is 24.3 Å². The largest absolute Gasteiger partial charge is 0.489 e. The van der Waals surface area contributed by atoms with Gasteiger partial charge < -0.3 is 15.2 Å². The fraction of sp³-hybridized carbons (Fsp3) is 0.300. The summed E-state index contributed by atoms with van der Waals surface area (Å²) in [5.74, 6) is -0.746. The number of hydrogen-bond donors (Lipinski definition) is 2. The zero-order chi connectivity index (χ0) is 18.1. The third kappa shape index (κ3) is 5.95. The van der Waals surface area contributed by atoms with Gasteiger partial charge in [-0.2, -0.15) is 0 Å². The summed E-state index contributed by atoms with van der Waals surface area (Å²) in [5.41, 5.74) is 1.47. The molecule has 1 unspecified atom stereocenters. The fourth-order valence-electron chi connectivity index (χ4n) is 2.35. The molecule has 0 aliphatic rings. The van der Waals surface area contributed by atoms with Gasteiger partial charge in [0, 0.05) is 5.56 Å². The van der Waals surface area contributed by atoms with Gasteiger partial charge in [-0.25, -0.2) is 4.79 Å². The minimum absolute atomic E-state index is 0.391. The van der Waals surface area contributed by atoms with E-state index in [4.69, 9.17) is 4.74 Å². The number of aliphatic carboxylic acids is 1. The number of carbonyl (C=O) groups is 2. The minimum atomic E-state index is -1.01. The van der Waals surface area contributed by atoms with Crippen molar-refractivity contribution in [1.29, 1.82) is 0 Å². The Hall–Kier alpha value is -2.82. The molecule has 0 aliphatic heterocycles. The zero-order valence-electron chi connectivity index (χ0n) is 14.3. The first kappa shape index (κ1) is 18.5. The first-order chi connectivity index (χ1) is 12.1. The molecule has 2 aromatic carbocycles. The van der Waals surface area contributed by atoms with Gasteiger partial charge in [-0.3, -0.25) is 4.79 Å². The molecule has 0 fully saturated rings. The monoisotopic (exact) mass is 341 g/mol. The molecule has 2 N–H and O–H groups in total. The van der Waals surface area contributed by atoms with Gasteiger partial charge in [0.1, 0.15) is 18.4 Å². The molecule has 25 heavy (non-hydrogen) atoms. The second-order valence-electron chi connectivity index (χ2n) is 5.81. The van der Waals surface area contributed by atoms with Crippen LogP contribution in [0.25, 0.3) is 0 Å². The highest BCUT2D eigenvalue weighted by Crippen LogP contribution is 2.14. The average molecular weight is 341 g/mol. The Kier molecular flexibility index (Phi) is 7.01. The first-order valence-corrected chi connectivity index (χ1v) is 8.40. The standard InChI is InChI=1S/C20H23NO4/c1-2-3-9-18(20(23)24)21-19(22)16-10-12-17(13-11-16)25-14-15-7-5-4-6-8-15/h4-8,10-13,18H,2-3,9,14H2,1H3,(H,21,22)(H,23,24). The highest BCUT2D eigenvalue weighted by molar-refractivity contribution is 5.96. The Morgan fingerprint density at radius 1 is 1.08 bits per heavy atom. The number of amides is 1. The lowest BCUT2D eigenvalue weighted by Gasteiger charge is -2.14. The zero-order valence-corrected chi connectivity index (χ0v) is 14.3. The first-order valence-electron chi connectivity index (χ1n) is 8.40. The SMILES string of the molecule is CCCCC(NC(=O)c1ccc(OCc2ccccc2)cc1)C(=O)O. The van der Waals surface area contributed by atoms with Crippen LogP contribution in [0, 0.1) is 0 Å². The lowest BCUT2D eigenvalue weighted by molar-refractivity contribution is -0.139. The minimum Gasteiger partial charge on any atom is -0.489 e. The van der Waals surface area contributed by atoms with Crippen LogP contribution in [0.4, 0.5) is 0 Å². The third-order valence-corrected chi connectivity index (χ3v) is 3.81. The Bertz CT molecular complexity index is 683. The van der Waals surface area contributed by atoms with E-state index in [9.17, 15) is 14.7 Å². The number of nitrogens with one attached hydrogen (secondary N) is 1. The number of unbranched alkanes of at least 4 members (excludes halogenated alkanes) is 1. The van der Waals surface area contributed by atoms with Crippen LogP contribution < -0.4 is 10.1 Å². The molecular weight excluding hydrogens is 318 g/mol. The van der Waals surface area contributed by atoms with Crippen molar-refractivity contribution in [3.05, 3.63) is 65.7 Å². The van der Waals surface area contributed by atoms with Gasteiger partial charge in [0.25, 0.3) is 5.91 Å². The molecule has 5 nitrogen and oxygen atoms in total. The van der Waals surface area contributed by atoms with Gasteiger partial charge in [0.15, 0.2) is 0 Å². The van der Waals surface area contributed by atoms with Crippen molar-refractivity contribution in [2.75, 3.05) is 0 Å². The summed E-state index contributed by atoms with van der Waals surface area (Å²) < 4.78 is 5.67. The molecule has 0 bridgehead atoms. The maximum atomic E-state index is 12.2. The van der Waals surface area contributed by atoms with Gasteiger partial charge >= 0.3 is 5.97 Å². The van der Waals surface area contributed by atoms with E-state index in [2.05, 4.69) is 5.32 Å². The quantitative estimate of drug-likeness (QED) is 0.730. The molecule has 0 spiro atoms.